The Morgan fingerprint density at radius 2 is 1.75 bits per heavy atom. The minimum atomic E-state index is -3.75. The summed E-state index contributed by atoms with van der Waals surface area (Å²) in [4.78, 5) is 4.54. The molecular weight excluding hydrogens is 448 g/mol. The maximum absolute atomic E-state index is 12.6. The molecule has 0 fully saturated rings. The largest absolute Gasteiger partial charge is 0.280 e. The number of anilines is 1. The molecule has 5 rings (SSSR count). The van der Waals surface area contributed by atoms with Gasteiger partial charge in [-0.15, -0.1) is 0 Å². The highest BCUT2D eigenvalue weighted by atomic mass is 35.5. The van der Waals surface area contributed by atoms with Crippen LogP contribution in [0.1, 0.15) is 0 Å². The topological polar surface area (TPSA) is 94.2 Å². The SMILES string of the molecule is Cn1cc(-c2cc3c(-c4ccc(NS(=O)(=O)c5cccc(Cl)c5)cc4)ncnn3c2)cn1. The number of rotatable bonds is 5. The van der Waals surface area contributed by atoms with E-state index in [0.29, 0.717) is 10.7 Å². The van der Waals surface area contributed by atoms with Crippen LogP contribution >= 0.6 is 11.6 Å². The molecule has 2 aromatic carbocycles. The highest BCUT2D eigenvalue weighted by Crippen LogP contribution is 2.29. The molecule has 10 heteroatoms. The second kappa shape index (κ2) is 7.77. The zero-order valence-electron chi connectivity index (χ0n) is 16.8. The monoisotopic (exact) mass is 464 g/mol. The molecule has 0 saturated heterocycles. The number of aryl methyl sites for hydroxylation is 1. The van der Waals surface area contributed by atoms with Crippen molar-refractivity contribution < 1.29 is 8.42 Å². The van der Waals surface area contributed by atoms with E-state index in [4.69, 9.17) is 11.6 Å². The molecular formula is C22H17ClN6O2S. The van der Waals surface area contributed by atoms with E-state index >= 15 is 0 Å². The summed E-state index contributed by atoms with van der Waals surface area (Å²) in [6.45, 7) is 0. The second-order valence-corrected chi connectivity index (χ2v) is 9.33. The molecule has 1 N–H and O–H groups in total. The van der Waals surface area contributed by atoms with E-state index < -0.39 is 10.0 Å². The molecule has 0 aliphatic carbocycles. The van der Waals surface area contributed by atoms with Gasteiger partial charge in [0.25, 0.3) is 10.0 Å². The average Bonchev–Trinajstić information content (AvgIpc) is 3.40. The van der Waals surface area contributed by atoms with E-state index in [2.05, 4.69) is 19.9 Å². The number of sulfonamides is 1. The van der Waals surface area contributed by atoms with Crippen molar-refractivity contribution in [3.05, 3.63) is 84.5 Å². The number of aromatic nitrogens is 5. The summed E-state index contributed by atoms with van der Waals surface area (Å²) in [6.07, 6.45) is 7.14. The number of nitrogens with one attached hydrogen (secondary N) is 1. The van der Waals surface area contributed by atoms with Gasteiger partial charge in [0.2, 0.25) is 0 Å². The summed E-state index contributed by atoms with van der Waals surface area (Å²) in [5, 5.41) is 8.88. The summed E-state index contributed by atoms with van der Waals surface area (Å²) in [5.74, 6) is 0. The molecule has 0 spiro atoms. The van der Waals surface area contributed by atoms with Crippen LogP contribution in [-0.4, -0.2) is 32.8 Å². The molecule has 3 heterocycles. The molecule has 0 unspecified atom stereocenters. The third kappa shape index (κ3) is 3.83. The fraction of sp³-hybridized carbons (Fsp3) is 0.0455. The number of halogens is 1. The first-order valence-corrected chi connectivity index (χ1v) is 11.5. The van der Waals surface area contributed by atoms with Crippen molar-refractivity contribution in [2.24, 2.45) is 7.05 Å². The van der Waals surface area contributed by atoms with Gasteiger partial charge in [0, 0.05) is 46.8 Å². The predicted octanol–water partition coefficient (Wildman–Crippen LogP) is 4.25. The van der Waals surface area contributed by atoms with Crippen LogP contribution in [0.25, 0.3) is 27.9 Å². The Kier molecular flexibility index (Phi) is 4.91. The second-order valence-electron chi connectivity index (χ2n) is 7.21. The summed E-state index contributed by atoms with van der Waals surface area (Å²) < 4.78 is 31.3. The number of benzene rings is 2. The normalized spacial score (nSPS) is 11.7. The van der Waals surface area contributed by atoms with E-state index in [9.17, 15) is 8.42 Å². The highest BCUT2D eigenvalue weighted by molar-refractivity contribution is 7.92. The fourth-order valence-corrected chi connectivity index (χ4v) is 4.78. The van der Waals surface area contributed by atoms with Gasteiger partial charge in [0.05, 0.1) is 22.3 Å². The first-order valence-electron chi connectivity index (χ1n) is 9.60. The molecule has 0 atom stereocenters. The Balaban J connectivity index is 1.46. The van der Waals surface area contributed by atoms with Crippen molar-refractivity contribution in [3.8, 4) is 22.4 Å². The third-order valence-corrected chi connectivity index (χ3v) is 6.58. The van der Waals surface area contributed by atoms with Gasteiger partial charge in [-0.05, 0) is 36.4 Å². The van der Waals surface area contributed by atoms with Crippen molar-refractivity contribution in [3.63, 3.8) is 0 Å². The lowest BCUT2D eigenvalue weighted by atomic mass is 10.1. The molecule has 0 saturated carbocycles. The lowest BCUT2D eigenvalue weighted by molar-refractivity contribution is 0.601. The standard InChI is InChI=1S/C22H17ClN6O2S/c1-28-12-17(11-25-28)16-9-21-22(24-14-26-29(21)13-16)15-5-7-19(8-6-15)27-32(30,31)20-4-2-3-18(23)10-20/h2-14,27H,1H3. The van der Waals surface area contributed by atoms with Gasteiger partial charge in [-0.1, -0.05) is 29.8 Å². The summed E-state index contributed by atoms with van der Waals surface area (Å²) in [5.41, 5.74) is 4.79. The lowest BCUT2D eigenvalue weighted by Crippen LogP contribution is -2.12. The van der Waals surface area contributed by atoms with Crippen molar-refractivity contribution in [1.29, 1.82) is 0 Å². The molecule has 0 radical (unpaired) electrons. The third-order valence-electron chi connectivity index (χ3n) is 4.96. The Hall–Kier alpha value is -3.69. The summed E-state index contributed by atoms with van der Waals surface area (Å²) in [7, 11) is -1.88. The van der Waals surface area contributed by atoms with Gasteiger partial charge in [-0.2, -0.15) is 10.2 Å². The van der Waals surface area contributed by atoms with Gasteiger partial charge in [-0.3, -0.25) is 9.40 Å². The van der Waals surface area contributed by atoms with Crippen molar-refractivity contribution in [2.45, 2.75) is 4.90 Å². The minimum absolute atomic E-state index is 0.0997. The van der Waals surface area contributed by atoms with Crippen molar-refractivity contribution >= 4 is 32.8 Å². The van der Waals surface area contributed by atoms with E-state index in [-0.39, 0.29) is 4.90 Å². The maximum atomic E-state index is 12.6. The quantitative estimate of drug-likeness (QED) is 0.419. The van der Waals surface area contributed by atoms with E-state index in [1.54, 1.807) is 39.7 Å². The van der Waals surface area contributed by atoms with Gasteiger partial charge >= 0.3 is 0 Å². The first kappa shape index (κ1) is 20.2. The molecule has 8 nitrogen and oxygen atoms in total. The van der Waals surface area contributed by atoms with Crippen LogP contribution < -0.4 is 4.72 Å². The van der Waals surface area contributed by atoms with Crippen LogP contribution in [0.4, 0.5) is 5.69 Å². The van der Waals surface area contributed by atoms with Gasteiger partial charge in [0.1, 0.15) is 6.33 Å². The lowest BCUT2D eigenvalue weighted by Gasteiger charge is -2.09. The molecule has 5 aromatic rings. The van der Waals surface area contributed by atoms with Crippen LogP contribution in [0, 0.1) is 0 Å². The van der Waals surface area contributed by atoms with Gasteiger partial charge < -0.3 is 0 Å². The Labute approximate surface area is 189 Å². The van der Waals surface area contributed by atoms with E-state index in [0.717, 1.165) is 27.9 Å². The van der Waals surface area contributed by atoms with Crippen molar-refractivity contribution in [1.82, 2.24) is 24.4 Å². The molecule has 0 aliphatic rings. The van der Waals surface area contributed by atoms with Gasteiger partial charge in [-0.25, -0.2) is 17.9 Å². The number of hydrogen-bond donors (Lipinski definition) is 1. The minimum Gasteiger partial charge on any atom is -0.280 e. The molecule has 160 valence electrons. The smallest absolute Gasteiger partial charge is 0.261 e. The molecule has 0 aliphatic heterocycles. The van der Waals surface area contributed by atoms with Crippen LogP contribution in [0.2, 0.25) is 5.02 Å². The highest BCUT2D eigenvalue weighted by Gasteiger charge is 2.15. The number of nitrogens with zero attached hydrogens (tertiary/aromatic N) is 5. The van der Waals surface area contributed by atoms with Gasteiger partial charge in [0.15, 0.2) is 0 Å². The number of fused-ring (bicyclic) bond motifs is 1. The summed E-state index contributed by atoms with van der Waals surface area (Å²) >= 11 is 5.92. The molecule has 3 aromatic heterocycles. The first-order chi connectivity index (χ1) is 15.4. The Bertz CT molecular complexity index is 1540. The Morgan fingerprint density at radius 3 is 2.47 bits per heavy atom. The molecule has 32 heavy (non-hydrogen) atoms. The zero-order chi connectivity index (χ0) is 22.3. The van der Waals surface area contributed by atoms with Crippen LogP contribution in [0.3, 0.4) is 0 Å². The Morgan fingerprint density at radius 1 is 0.938 bits per heavy atom. The molecule has 0 amide bonds. The van der Waals surface area contributed by atoms with Crippen LogP contribution in [0.5, 0.6) is 0 Å². The zero-order valence-corrected chi connectivity index (χ0v) is 18.4. The summed E-state index contributed by atoms with van der Waals surface area (Å²) in [6, 6.07) is 15.1. The van der Waals surface area contributed by atoms with E-state index in [1.165, 1.54) is 18.5 Å². The maximum Gasteiger partial charge on any atom is 0.261 e. The average molecular weight is 465 g/mol. The fourth-order valence-electron chi connectivity index (χ4n) is 3.42. The van der Waals surface area contributed by atoms with E-state index in [1.807, 2.05) is 37.6 Å². The molecule has 0 bridgehead atoms. The predicted molar refractivity (Wildman–Crippen MR) is 123 cm³/mol. The van der Waals surface area contributed by atoms with Crippen LogP contribution in [-0.2, 0) is 17.1 Å². The number of hydrogen-bond acceptors (Lipinski definition) is 5. The van der Waals surface area contributed by atoms with Crippen LogP contribution in [0.15, 0.2) is 84.4 Å². The van der Waals surface area contributed by atoms with Crippen molar-refractivity contribution in [2.75, 3.05) is 4.72 Å².